The van der Waals surface area contributed by atoms with Gasteiger partial charge in [-0.3, -0.25) is 9.78 Å². The molecule has 3 rings (SSSR count). The number of hydrogen-bond donors (Lipinski definition) is 0. The molecule has 1 aromatic heterocycles. The lowest BCUT2D eigenvalue weighted by molar-refractivity contribution is -0.135. The molecule has 1 amide bonds. The second-order valence-electron chi connectivity index (χ2n) is 6.31. The van der Waals surface area contributed by atoms with Gasteiger partial charge in [-0.25, -0.2) is 0 Å². The van der Waals surface area contributed by atoms with Gasteiger partial charge in [0.2, 0.25) is 0 Å². The van der Waals surface area contributed by atoms with Gasteiger partial charge in [0.05, 0.1) is 19.9 Å². The molecule has 2 aromatic rings. The summed E-state index contributed by atoms with van der Waals surface area (Å²) in [5, 5.41) is 0. The van der Waals surface area contributed by atoms with Gasteiger partial charge in [-0.15, -0.1) is 0 Å². The fraction of sp³-hybridized carbons (Fsp3) is 0.400. The van der Waals surface area contributed by atoms with Crippen LogP contribution in [0.3, 0.4) is 0 Å². The average Bonchev–Trinajstić information content (AvgIpc) is 2.72. The minimum absolute atomic E-state index is 0.00278. The number of hydrogen-bond acceptors (Lipinski definition) is 5. The van der Waals surface area contributed by atoms with Crippen molar-refractivity contribution in [3.8, 4) is 17.2 Å². The number of carbonyl (C=O) groups is 1. The Kier molecular flexibility index (Phi) is 6.30. The van der Waals surface area contributed by atoms with Gasteiger partial charge in [-0.05, 0) is 49.2 Å². The number of rotatable bonds is 7. The molecule has 1 aliphatic rings. The Morgan fingerprint density at radius 3 is 2.69 bits per heavy atom. The number of nitrogens with zero attached hydrogens (tertiary/aromatic N) is 2. The zero-order valence-electron chi connectivity index (χ0n) is 15.0. The van der Waals surface area contributed by atoms with E-state index in [1.165, 1.54) is 0 Å². The minimum Gasteiger partial charge on any atom is -0.497 e. The molecule has 6 nitrogen and oxygen atoms in total. The Bertz CT molecular complexity index is 691. The van der Waals surface area contributed by atoms with Gasteiger partial charge in [0.1, 0.15) is 17.2 Å². The quantitative estimate of drug-likeness (QED) is 0.763. The van der Waals surface area contributed by atoms with Crippen molar-refractivity contribution >= 4 is 5.91 Å². The second-order valence-corrected chi connectivity index (χ2v) is 6.31. The van der Waals surface area contributed by atoms with Crippen LogP contribution in [0, 0.1) is 5.92 Å². The van der Waals surface area contributed by atoms with Crippen LogP contribution in [0.5, 0.6) is 17.2 Å². The molecule has 0 bridgehead atoms. The van der Waals surface area contributed by atoms with Gasteiger partial charge >= 0.3 is 0 Å². The van der Waals surface area contributed by atoms with Crippen molar-refractivity contribution < 1.29 is 19.0 Å². The summed E-state index contributed by atoms with van der Waals surface area (Å²) < 4.78 is 16.5. The van der Waals surface area contributed by atoms with E-state index in [0.717, 1.165) is 30.9 Å². The zero-order valence-corrected chi connectivity index (χ0v) is 15.0. The topological polar surface area (TPSA) is 60.9 Å². The number of aromatic nitrogens is 1. The predicted octanol–water partition coefficient (Wildman–Crippen LogP) is 2.79. The molecule has 1 saturated heterocycles. The molecule has 0 spiro atoms. The molecule has 1 fully saturated rings. The van der Waals surface area contributed by atoms with Gasteiger partial charge < -0.3 is 19.1 Å². The summed E-state index contributed by atoms with van der Waals surface area (Å²) in [6.07, 6.45) is 5.32. The molecule has 0 aliphatic carbocycles. The first kappa shape index (κ1) is 18.0. The van der Waals surface area contributed by atoms with Crippen LogP contribution in [-0.4, -0.2) is 49.2 Å². The summed E-state index contributed by atoms with van der Waals surface area (Å²) in [4.78, 5) is 18.2. The number of ether oxygens (including phenoxy) is 3. The third kappa shape index (κ3) is 5.12. The zero-order chi connectivity index (χ0) is 18.2. The number of methoxy groups -OCH3 is 1. The van der Waals surface area contributed by atoms with Gasteiger partial charge in [0.25, 0.3) is 5.91 Å². The molecule has 0 unspecified atom stereocenters. The maximum atomic E-state index is 12.4. The Morgan fingerprint density at radius 2 is 1.96 bits per heavy atom. The van der Waals surface area contributed by atoms with Crippen LogP contribution in [-0.2, 0) is 4.79 Å². The predicted molar refractivity (Wildman–Crippen MR) is 97.5 cm³/mol. The van der Waals surface area contributed by atoms with Crippen molar-refractivity contribution in [1.29, 1.82) is 0 Å². The summed E-state index contributed by atoms with van der Waals surface area (Å²) in [6, 6.07) is 11.1. The highest BCUT2D eigenvalue weighted by atomic mass is 16.5. The fourth-order valence-electron chi connectivity index (χ4n) is 2.98. The number of carbonyl (C=O) groups excluding carboxylic acids is 1. The highest BCUT2D eigenvalue weighted by Crippen LogP contribution is 2.21. The number of benzene rings is 1. The Balaban J connectivity index is 1.44. The molecular formula is C20H24N2O4. The van der Waals surface area contributed by atoms with Crippen molar-refractivity contribution in [3.63, 3.8) is 0 Å². The van der Waals surface area contributed by atoms with Crippen molar-refractivity contribution in [2.24, 2.45) is 5.92 Å². The highest BCUT2D eigenvalue weighted by Gasteiger charge is 2.24. The lowest BCUT2D eigenvalue weighted by Crippen LogP contribution is -2.43. The summed E-state index contributed by atoms with van der Waals surface area (Å²) >= 11 is 0. The number of amides is 1. The van der Waals surface area contributed by atoms with E-state index < -0.39 is 0 Å². The summed E-state index contributed by atoms with van der Waals surface area (Å²) in [6.45, 7) is 2.11. The SMILES string of the molecule is COc1ccc(OC[C@H]2CCCN(C(=O)COc3cccnc3)C2)cc1. The maximum Gasteiger partial charge on any atom is 0.260 e. The van der Waals surface area contributed by atoms with E-state index in [1.807, 2.05) is 29.2 Å². The third-order valence-electron chi connectivity index (χ3n) is 4.41. The third-order valence-corrected chi connectivity index (χ3v) is 4.41. The number of pyridine rings is 1. The van der Waals surface area contributed by atoms with E-state index in [4.69, 9.17) is 14.2 Å². The Labute approximate surface area is 153 Å². The normalized spacial score (nSPS) is 16.8. The van der Waals surface area contributed by atoms with Crippen molar-refractivity contribution in [2.75, 3.05) is 33.4 Å². The molecule has 2 heterocycles. The van der Waals surface area contributed by atoms with Crippen LogP contribution in [0.2, 0.25) is 0 Å². The van der Waals surface area contributed by atoms with Crippen LogP contribution in [0.15, 0.2) is 48.8 Å². The lowest BCUT2D eigenvalue weighted by Gasteiger charge is -2.32. The summed E-state index contributed by atoms with van der Waals surface area (Å²) in [5.74, 6) is 2.56. The molecule has 138 valence electrons. The van der Waals surface area contributed by atoms with E-state index >= 15 is 0 Å². The largest absolute Gasteiger partial charge is 0.497 e. The van der Waals surface area contributed by atoms with Crippen molar-refractivity contribution in [1.82, 2.24) is 9.88 Å². The molecule has 1 aromatic carbocycles. The Morgan fingerprint density at radius 1 is 1.15 bits per heavy atom. The first-order chi connectivity index (χ1) is 12.7. The van der Waals surface area contributed by atoms with Crippen molar-refractivity contribution in [2.45, 2.75) is 12.8 Å². The highest BCUT2D eigenvalue weighted by molar-refractivity contribution is 5.77. The van der Waals surface area contributed by atoms with Crippen LogP contribution in [0.4, 0.5) is 0 Å². The molecule has 6 heteroatoms. The van der Waals surface area contributed by atoms with Crippen LogP contribution >= 0.6 is 0 Å². The lowest BCUT2D eigenvalue weighted by atomic mass is 9.99. The number of piperidine rings is 1. The van der Waals surface area contributed by atoms with Gasteiger partial charge in [-0.2, -0.15) is 0 Å². The van der Waals surface area contributed by atoms with Crippen LogP contribution < -0.4 is 14.2 Å². The van der Waals surface area contributed by atoms with Gasteiger partial charge in [0, 0.05) is 25.2 Å². The monoisotopic (exact) mass is 356 g/mol. The van der Waals surface area contributed by atoms with E-state index in [1.54, 1.807) is 31.6 Å². The van der Waals surface area contributed by atoms with Gasteiger partial charge in [-0.1, -0.05) is 0 Å². The molecule has 26 heavy (non-hydrogen) atoms. The molecule has 1 aliphatic heterocycles. The molecule has 1 atom stereocenters. The number of likely N-dealkylation sites (tertiary alicyclic amines) is 1. The van der Waals surface area contributed by atoms with Crippen molar-refractivity contribution in [3.05, 3.63) is 48.8 Å². The molecule has 0 radical (unpaired) electrons. The maximum absolute atomic E-state index is 12.4. The molecule has 0 N–H and O–H groups in total. The van der Waals surface area contributed by atoms with E-state index in [0.29, 0.717) is 24.8 Å². The smallest absolute Gasteiger partial charge is 0.260 e. The second kappa shape index (κ2) is 9.08. The molecular weight excluding hydrogens is 332 g/mol. The first-order valence-electron chi connectivity index (χ1n) is 8.82. The first-order valence-corrected chi connectivity index (χ1v) is 8.82. The van der Waals surface area contributed by atoms with Crippen LogP contribution in [0.25, 0.3) is 0 Å². The Hall–Kier alpha value is -2.76. The summed E-state index contributed by atoms with van der Waals surface area (Å²) in [5.41, 5.74) is 0. The van der Waals surface area contributed by atoms with Gasteiger partial charge in [0.15, 0.2) is 6.61 Å². The standard InChI is InChI=1S/C20H24N2O4/c1-24-17-6-8-18(9-7-17)25-14-16-4-3-11-22(13-16)20(23)15-26-19-5-2-10-21-12-19/h2,5-10,12,16H,3-4,11,13-15H2,1H3/t16-/m0/s1. The van der Waals surface area contributed by atoms with E-state index in [9.17, 15) is 4.79 Å². The van der Waals surface area contributed by atoms with E-state index in [-0.39, 0.29) is 12.5 Å². The minimum atomic E-state index is 0.00278. The van der Waals surface area contributed by atoms with Crippen LogP contribution in [0.1, 0.15) is 12.8 Å². The summed E-state index contributed by atoms with van der Waals surface area (Å²) in [7, 11) is 1.64. The average molecular weight is 356 g/mol. The molecule has 0 saturated carbocycles. The fourth-order valence-corrected chi connectivity index (χ4v) is 2.98. The van der Waals surface area contributed by atoms with E-state index in [2.05, 4.69) is 4.98 Å².